The lowest BCUT2D eigenvalue weighted by Gasteiger charge is -2.10. The van der Waals surface area contributed by atoms with Crippen LogP contribution < -0.4 is 14.8 Å². The zero-order valence-electron chi connectivity index (χ0n) is 18.6. The summed E-state index contributed by atoms with van der Waals surface area (Å²) in [6, 6.07) is 21.9. The monoisotopic (exact) mass is 413 g/mol. The Bertz CT molecular complexity index is 1270. The van der Waals surface area contributed by atoms with Gasteiger partial charge in [-0.3, -0.25) is 0 Å². The fourth-order valence-electron chi connectivity index (χ4n) is 3.68. The van der Waals surface area contributed by atoms with Crippen LogP contribution >= 0.6 is 0 Å². The molecule has 158 valence electrons. The Labute approximate surface area is 182 Å². The molecule has 0 aliphatic heterocycles. The van der Waals surface area contributed by atoms with Gasteiger partial charge < -0.3 is 13.9 Å². The summed E-state index contributed by atoms with van der Waals surface area (Å²) in [5.41, 5.74) is 4.95. The van der Waals surface area contributed by atoms with Gasteiger partial charge in [0.1, 0.15) is 22.8 Å². The van der Waals surface area contributed by atoms with Crippen LogP contribution in [0.4, 0.5) is 5.69 Å². The molecule has 3 aromatic carbocycles. The first-order valence-corrected chi connectivity index (χ1v) is 10.4. The summed E-state index contributed by atoms with van der Waals surface area (Å²) < 4.78 is 17.3. The third-order valence-electron chi connectivity index (χ3n) is 5.02. The number of aryl methyl sites for hydroxylation is 2. The fraction of sp³-hybridized carbons (Fsp3) is 0.222. The zero-order valence-corrected chi connectivity index (χ0v) is 18.6. The number of rotatable bonds is 5. The Kier molecular flexibility index (Phi) is 5.81. The highest BCUT2D eigenvalue weighted by atomic mass is 16.5. The predicted octanol–water partition coefficient (Wildman–Crippen LogP) is 6.74. The maximum Gasteiger partial charge on any atom is 0.137 e. The van der Waals surface area contributed by atoms with Gasteiger partial charge in [-0.15, -0.1) is 0 Å². The van der Waals surface area contributed by atoms with Crippen LogP contribution in [0, 0.1) is 13.8 Å². The van der Waals surface area contributed by atoms with Crippen LogP contribution in [0.25, 0.3) is 22.3 Å². The first-order valence-electron chi connectivity index (χ1n) is 10.4. The van der Waals surface area contributed by atoms with E-state index in [2.05, 4.69) is 26.0 Å². The van der Waals surface area contributed by atoms with Crippen molar-refractivity contribution in [2.45, 2.75) is 33.8 Å². The first-order chi connectivity index (χ1) is 14.9. The van der Waals surface area contributed by atoms with E-state index in [-0.39, 0.29) is 6.10 Å². The molecule has 0 radical (unpaired) electrons. The molecule has 0 atom stereocenters. The number of hydrogen-bond donors (Lipinski definition) is 0. The van der Waals surface area contributed by atoms with Crippen molar-refractivity contribution < 1.29 is 13.9 Å². The van der Waals surface area contributed by atoms with E-state index in [1.165, 1.54) is 0 Å². The highest BCUT2D eigenvalue weighted by molar-refractivity contribution is 5.82. The standard InChI is InChI=1S/C27H27NO3/c1-17(2)30-23-12-8-21(9-13-23)28-24-16-25(20-6-10-22(29-5)11-7-20)31-26-15-18(3)14-19(4)27(24)26/h6-17H,1-5H3. The maximum absolute atomic E-state index is 6.30. The minimum absolute atomic E-state index is 0.139. The molecule has 0 fully saturated rings. The fourth-order valence-corrected chi connectivity index (χ4v) is 3.68. The van der Waals surface area contributed by atoms with Gasteiger partial charge in [-0.25, -0.2) is 4.99 Å². The van der Waals surface area contributed by atoms with Gasteiger partial charge >= 0.3 is 0 Å². The minimum Gasteiger partial charge on any atom is -0.497 e. The summed E-state index contributed by atoms with van der Waals surface area (Å²) in [5, 5.41) is 1.90. The lowest BCUT2D eigenvalue weighted by Crippen LogP contribution is -2.06. The Hall–Kier alpha value is -3.53. The van der Waals surface area contributed by atoms with Crippen molar-refractivity contribution in [2.24, 2.45) is 4.99 Å². The third-order valence-corrected chi connectivity index (χ3v) is 5.02. The van der Waals surface area contributed by atoms with Gasteiger partial charge in [0.2, 0.25) is 0 Å². The van der Waals surface area contributed by atoms with Crippen LogP contribution in [-0.4, -0.2) is 13.2 Å². The summed E-state index contributed by atoms with van der Waals surface area (Å²) in [5.74, 6) is 2.41. The number of benzene rings is 3. The van der Waals surface area contributed by atoms with E-state index in [1.807, 2.05) is 68.4 Å². The molecule has 0 aliphatic carbocycles. The lowest BCUT2D eigenvalue weighted by molar-refractivity contribution is 0.242. The van der Waals surface area contributed by atoms with Crippen molar-refractivity contribution >= 4 is 16.7 Å². The number of hydrogen-bond acceptors (Lipinski definition) is 4. The summed E-state index contributed by atoms with van der Waals surface area (Å²) in [4.78, 5) is 4.96. The second kappa shape index (κ2) is 8.68. The highest BCUT2D eigenvalue weighted by Crippen LogP contribution is 2.27. The molecule has 0 aliphatic rings. The van der Waals surface area contributed by atoms with E-state index in [0.29, 0.717) is 0 Å². The molecule has 4 rings (SSSR count). The molecule has 4 nitrogen and oxygen atoms in total. The molecule has 0 N–H and O–H groups in total. The first kappa shape index (κ1) is 20.7. The van der Waals surface area contributed by atoms with Crippen LogP contribution in [0.3, 0.4) is 0 Å². The van der Waals surface area contributed by atoms with Gasteiger partial charge in [-0.1, -0.05) is 6.07 Å². The molecule has 4 aromatic rings. The van der Waals surface area contributed by atoms with Crippen LogP contribution in [0.15, 0.2) is 76.1 Å². The average Bonchev–Trinajstić information content (AvgIpc) is 2.74. The van der Waals surface area contributed by atoms with Gasteiger partial charge in [0.25, 0.3) is 0 Å². The molecule has 4 heteroatoms. The van der Waals surface area contributed by atoms with Crippen molar-refractivity contribution in [3.05, 3.63) is 83.2 Å². The second-order valence-electron chi connectivity index (χ2n) is 7.95. The molecule has 1 heterocycles. The Balaban J connectivity index is 1.88. The predicted molar refractivity (Wildman–Crippen MR) is 125 cm³/mol. The van der Waals surface area contributed by atoms with Gasteiger partial charge in [-0.05, 0) is 93.4 Å². The second-order valence-corrected chi connectivity index (χ2v) is 7.95. The topological polar surface area (TPSA) is 44.0 Å². The van der Waals surface area contributed by atoms with Gasteiger partial charge in [-0.2, -0.15) is 0 Å². The summed E-state index contributed by atoms with van der Waals surface area (Å²) in [7, 11) is 1.66. The molecule has 31 heavy (non-hydrogen) atoms. The van der Waals surface area contributed by atoms with Crippen molar-refractivity contribution in [1.29, 1.82) is 0 Å². The summed E-state index contributed by atoms with van der Waals surface area (Å²) >= 11 is 0. The summed E-state index contributed by atoms with van der Waals surface area (Å²) in [6.07, 6.45) is 0.139. The Morgan fingerprint density at radius 3 is 2.16 bits per heavy atom. The molecule has 0 unspecified atom stereocenters. The van der Waals surface area contributed by atoms with Gasteiger partial charge in [0.15, 0.2) is 0 Å². The van der Waals surface area contributed by atoms with Crippen LogP contribution in [0.1, 0.15) is 25.0 Å². The molecule has 0 saturated heterocycles. The van der Waals surface area contributed by atoms with Crippen LogP contribution in [-0.2, 0) is 0 Å². The zero-order chi connectivity index (χ0) is 22.0. The quantitative estimate of drug-likeness (QED) is 0.364. The van der Waals surface area contributed by atoms with E-state index < -0.39 is 0 Å². The van der Waals surface area contributed by atoms with E-state index in [1.54, 1.807) is 7.11 Å². The van der Waals surface area contributed by atoms with Crippen molar-refractivity contribution in [3.8, 4) is 22.8 Å². The van der Waals surface area contributed by atoms with E-state index in [4.69, 9.17) is 18.9 Å². The summed E-state index contributed by atoms with van der Waals surface area (Å²) in [6.45, 7) is 8.20. The lowest BCUT2D eigenvalue weighted by atomic mass is 10.0. The van der Waals surface area contributed by atoms with Gasteiger partial charge in [0, 0.05) is 17.0 Å². The molecule has 0 saturated carbocycles. The number of ether oxygens (including phenoxy) is 2. The molecular weight excluding hydrogens is 386 g/mol. The average molecular weight is 414 g/mol. The molecule has 0 amide bonds. The van der Waals surface area contributed by atoms with E-state index in [9.17, 15) is 0 Å². The molecule has 0 spiro atoms. The van der Waals surface area contributed by atoms with E-state index >= 15 is 0 Å². The molecular formula is C27H27NO3. The maximum atomic E-state index is 6.30. The number of methoxy groups -OCH3 is 1. The van der Waals surface area contributed by atoms with Crippen LogP contribution in [0.5, 0.6) is 11.5 Å². The molecule has 0 bridgehead atoms. The normalized spacial score (nSPS) is 11.9. The van der Waals surface area contributed by atoms with Crippen molar-refractivity contribution in [3.63, 3.8) is 0 Å². The highest BCUT2D eigenvalue weighted by Gasteiger charge is 2.10. The SMILES string of the molecule is COc1ccc(-c2cc(=Nc3ccc(OC(C)C)cc3)c3c(C)cc(C)cc3o2)cc1. The Morgan fingerprint density at radius 2 is 1.52 bits per heavy atom. The van der Waals surface area contributed by atoms with E-state index in [0.717, 1.165) is 56.0 Å². The van der Waals surface area contributed by atoms with Crippen molar-refractivity contribution in [2.75, 3.05) is 7.11 Å². The van der Waals surface area contributed by atoms with Crippen LogP contribution in [0.2, 0.25) is 0 Å². The number of fused-ring (bicyclic) bond motifs is 1. The third kappa shape index (κ3) is 4.64. The molecule has 1 aromatic heterocycles. The Morgan fingerprint density at radius 1 is 0.839 bits per heavy atom. The van der Waals surface area contributed by atoms with Crippen molar-refractivity contribution in [1.82, 2.24) is 0 Å². The van der Waals surface area contributed by atoms with Gasteiger partial charge in [0.05, 0.1) is 24.3 Å². The number of nitrogens with zero attached hydrogens (tertiary/aromatic N) is 1. The largest absolute Gasteiger partial charge is 0.497 e. The smallest absolute Gasteiger partial charge is 0.137 e. The minimum atomic E-state index is 0.139.